The van der Waals surface area contributed by atoms with E-state index in [4.69, 9.17) is 10.5 Å². The largest absolute Gasteiger partial charge is 0.301 e. The van der Waals surface area contributed by atoms with E-state index in [1.165, 1.54) is 6.07 Å². The molecule has 0 aliphatic heterocycles. The first kappa shape index (κ1) is 12.2. The summed E-state index contributed by atoms with van der Waals surface area (Å²) in [5.74, 6) is -0.464. The monoisotopic (exact) mass is 217 g/mol. The Morgan fingerprint density at radius 2 is 2.12 bits per heavy atom. The molecule has 1 aromatic carbocycles. The van der Waals surface area contributed by atoms with Crippen LogP contribution in [0.5, 0.6) is 0 Å². The highest BCUT2D eigenvalue weighted by Gasteiger charge is 2.09. The highest BCUT2D eigenvalue weighted by atomic mass is 19.1. The molecule has 0 saturated carbocycles. The lowest BCUT2D eigenvalue weighted by Gasteiger charge is -2.15. The molecule has 16 heavy (non-hydrogen) atoms. The summed E-state index contributed by atoms with van der Waals surface area (Å²) >= 11 is 0. The Kier molecular flexibility index (Phi) is 4.44. The zero-order chi connectivity index (χ0) is 12.0. The molecule has 3 nitrogen and oxygen atoms in total. The molecule has 82 valence electrons. The fourth-order valence-corrected chi connectivity index (χ4v) is 1.40. The topological polar surface area (TPSA) is 50.8 Å². The van der Waals surface area contributed by atoms with Crippen molar-refractivity contribution in [3.63, 3.8) is 0 Å². The average Bonchev–Trinajstić information content (AvgIpc) is 2.29. The number of rotatable bonds is 4. The van der Waals surface area contributed by atoms with Crippen LogP contribution >= 0.6 is 0 Å². The molecule has 0 amide bonds. The molecule has 4 heteroatoms. The molecular weight excluding hydrogens is 205 g/mol. The maximum atomic E-state index is 13.6. The van der Waals surface area contributed by atoms with E-state index in [9.17, 15) is 4.39 Å². The molecule has 0 spiro atoms. The number of nitriles is 2. The summed E-state index contributed by atoms with van der Waals surface area (Å²) in [5, 5.41) is 17.1. The van der Waals surface area contributed by atoms with Gasteiger partial charge in [0.15, 0.2) is 0 Å². The highest BCUT2D eigenvalue weighted by molar-refractivity contribution is 5.34. The van der Waals surface area contributed by atoms with Gasteiger partial charge in [0.25, 0.3) is 0 Å². The first-order chi connectivity index (χ1) is 7.69. The van der Waals surface area contributed by atoms with E-state index in [1.54, 1.807) is 18.2 Å². The summed E-state index contributed by atoms with van der Waals surface area (Å²) in [4.78, 5) is 1.85. The molecule has 0 N–H and O–H groups in total. The fourth-order valence-electron chi connectivity index (χ4n) is 1.40. The maximum Gasteiger partial charge on any atom is 0.145 e. The Morgan fingerprint density at radius 3 is 2.75 bits per heavy atom. The molecule has 0 aromatic heterocycles. The summed E-state index contributed by atoms with van der Waals surface area (Å²) in [7, 11) is 1.82. The van der Waals surface area contributed by atoms with E-state index in [0.717, 1.165) is 0 Å². The van der Waals surface area contributed by atoms with E-state index < -0.39 is 5.82 Å². The number of halogens is 1. The summed E-state index contributed by atoms with van der Waals surface area (Å²) in [6.07, 6.45) is 0.413. The van der Waals surface area contributed by atoms with Gasteiger partial charge < -0.3 is 4.90 Å². The quantitative estimate of drug-likeness (QED) is 0.775. The van der Waals surface area contributed by atoms with Gasteiger partial charge in [-0.1, -0.05) is 12.1 Å². The SMILES string of the molecule is CN(CCC#N)Cc1cccc(C#N)c1F. The number of benzene rings is 1. The van der Waals surface area contributed by atoms with Gasteiger partial charge in [-0.15, -0.1) is 0 Å². The van der Waals surface area contributed by atoms with Crippen LogP contribution in [0.1, 0.15) is 17.5 Å². The van der Waals surface area contributed by atoms with Crippen LogP contribution in [0.25, 0.3) is 0 Å². The summed E-state index contributed by atoms with van der Waals surface area (Å²) in [6, 6.07) is 8.61. The molecule has 0 fully saturated rings. The lowest BCUT2D eigenvalue weighted by atomic mass is 10.1. The molecule has 0 atom stereocenters. The van der Waals surface area contributed by atoms with Crippen LogP contribution in [0.4, 0.5) is 4.39 Å². The van der Waals surface area contributed by atoms with Crippen molar-refractivity contribution in [3.8, 4) is 12.1 Å². The van der Waals surface area contributed by atoms with Crippen LogP contribution in [0.3, 0.4) is 0 Å². The Morgan fingerprint density at radius 1 is 1.38 bits per heavy atom. The predicted octanol–water partition coefficient (Wildman–Crippen LogP) is 2.04. The smallest absolute Gasteiger partial charge is 0.145 e. The second kappa shape index (κ2) is 5.85. The Labute approximate surface area is 94.3 Å². The third-order valence-electron chi connectivity index (χ3n) is 2.24. The zero-order valence-electron chi connectivity index (χ0n) is 9.07. The van der Waals surface area contributed by atoms with E-state index in [-0.39, 0.29) is 5.56 Å². The van der Waals surface area contributed by atoms with Crippen molar-refractivity contribution in [2.75, 3.05) is 13.6 Å². The summed E-state index contributed by atoms with van der Waals surface area (Å²) in [5.41, 5.74) is 0.547. The van der Waals surface area contributed by atoms with Gasteiger partial charge in [0, 0.05) is 25.1 Å². The highest BCUT2D eigenvalue weighted by Crippen LogP contribution is 2.13. The Bertz CT molecular complexity index is 443. The van der Waals surface area contributed by atoms with Crippen LogP contribution in [-0.2, 0) is 6.54 Å². The van der Waals surface area contributed by atoms with Gasteiger partial charge in [-0.3, -0.25) is 0 Å². The molecule has 0 radical (unpaired) electrons. The van der Waals surface area contributed by atoms with E-state index >= 15 is 0 Å². The van der Waals surface area contributed by atoms with Crippen molar-refractivity contribution in [2.24, 2.45) is 0 Å². The number of hydrogen-bond acceptors (Lipinski definition) is 3. The van der Waals surface area contributed by atoms with Crippen molar-refractivity contribution >= 4 is 0 Å². The maximum absolute atomic E-state index is 13.6. The molecule has 0 saturated heterocycles. The minimum absolute atomic E-state index is 0.0613. The van der Waals surface area contributed by atoms with Gasteiger partial charge in [0.1, 0.15) is 11.9 Å². The third-order valence-corrected chi connectivity index (χ3v) is 2.24. The van der Waals surface area contributed by atoms with E-state index in [0.29, 0.717) is 25.1 Å². The van der Waals surface area contributed by atoms with Gasteiger partial charge in [-0.25, -0.2) is 4.39 Å². The van der Waals surface area contributed by atoms with E-state index in [2.05, 4.69) is 0 Å². The molecule has 1 rings (SSSR count). The first-order valence-electron chi connectivity index (χ1n) is 4.92. The first-order valence-corrected chi connectivity index (χ1v) is 4.92. The summed E-state index contributed by atoms with van der Waals surface area (Å²) < 4.78 is 13.6. The predicted molar refractivity (Wildman–Crippen MR) is 57.7 cm³/mol. The zero-order valence-corrected chi connectivity index (χ0v) is 9.07. The second-order valence-electron chi connectivity index (χ2n) is 3.54. The van der Waals surface area contributed by atoms with Crippen molar-refractivity contribution in [2.45, 2.75) is 13.0 Å². The molecule has 0 unspecified atom stereocenters. The summed E-state index contributed by atoms with van der Waals surface area (Å²) in [6.45, 7) is 0.996. The van der Waals surface area contributed by atoms with Crippen LogP contribution < -0.4 is 0 Å². The van der Waals surface area contributed by atoms with E-state index in [1.807, 2.05) is 18.0 Å². The minimum Gasteiger partial charge on any atom is -0.301 e. The Balaban J connectivity index is 2.75. The van der Waals surface area contributed by atoms with Crippen molar-refractivity contribution in [3.05, 3.63) is 35.1 Å². The van der Waals surface area contributed by atoms with Crippen LogP contribution in [0.2, 0.25) is 0 Å². The van der Waals surface area contributed by atoms with Crippen molar-refractivity contribution < 1.29 is 4.39 Å². The lowest BCUT2D eigenvalue weighted by molar-refractivity contribution is 0.329. The second-order valence-corrected chi connectivity index (χ2v) is 3.54. The average molecular weight is 217 g/mol. The standard InChI is InChI=1S/C12H12FN3/c1-16(7-3-6-14)9-11-5-2-4-10(8-15)12(11)13/h2,4-5H,3,7,9H2,1H3. The Hall–Kier alpha value is -1.91. The number of hydrogen-bond donors (Lipinski definition) is 0. The molecular formula is C12H12FN3. The molecule has 0 aliphatic carbocycles. The molecule has 0 bridgehead atoms. The van der Waals surface area contributed by atoms with Crippen molar-refractivity contribution in [1.82, 2.24) is 4.90 Å². The van der Waals surface area contributed by atoms with Crippen LogP contribution in [-0.4, -0.2) is 18.5 Å². The molecule has 0 aliphatic rings. The normalized spacial score (nSPS) is 9.81. The van der Waals surface area contributed by atoms with Crippen LogP contribution in [0, 0.1) is 28.5 Å². The number of nitrogens with zero attached hydrogens (tertiary/aromatic N) is 3. The van der Waals surface area contributed by atoms with Gasteiger partial charge >= 0.3 is 0 Å². The third kappa shape index (κ3) is 3.05. The van der Waals surface area contributed by atoms with Crippen LogP contribution in [0.15, 0.2) is 18.2 Å². The van der Waals surface area contributed by atoms with Gasteiger partial charge in [-0.05, 0) is 13.1 Å². The molecule has 1 aromatic rings. The van der Waals surface area contributed by atoms with Gasteiger partial charge in [0.2, 0.25) is 0 Å². The van der Waals surface area contributed by atoms with Gasteiger partial charge in [-0.2, -0.15) is 10.5 Å². The fraction of sp³-hybridized carbons (Fsp3) is 0.333. The lowest BCUT2D eigenvalue weighted by Crippen LogP contribution is -2.19. The van der Waals surface area contributed by atoms with Crippen molar-refractivity contribution in [1.29, 1.82) is 10.5 Å². The molecule has 0 heterocycles. The van der Waals surface area contributed by atoms with Gasteiger partial charge in [0.05, 0.1) is 11.6 Å². The minimum atomic E-state index is -0.464.